The molecule has 1 atom stereocenters. The van der Waals surface area contributed by atoms with E-state index in [1.165, 1.54) is 0 Å². The van der Waals surface area contributed by atoms with Gasteiger partial charge in [0, 0.05) is 22.2 Å². The van der Waals surface area contributed by atoms with Crippen LogP contribution in [0.4, 0.5) is 0 Å². The van der Waals surface area contributed by atoms with Gasteiger partial charge in [-0.15, -0.1) is 0 Å². The van der Waals surface area contributed by atoms with E-state index < -0.39 is 6.10 Å². The SMILES string of the molecule is Cc1[nH]c2ccccc2c1C(=O)[C@H](C)Oc1cccc(C#N)c1. The lowest BCUT2D eigenvalue weighted by Gasteiger charge is -2.14. The molecular formula is C19H16N2O2. The molecule has 0 unspecified atom stereocenters. The maximum atomic E-state index is 12.8. The van der Waals surface area contributed by atoms with Gasteiger partial charge in [0.2, 0.25) is 5.78 Å². The molecule has 3 rings (SSSR count). The van der Waals surface area contributed by atoms with Gasteiger partial charge in [0.25, 0.3) is 0 Å². The van der Waals surface area contributed by atoms with Gasteiger partial charge in [-0.2, -0.15) is 5.26 Å². The highest BCUT2D eigenvalue weighted by Gasteiger charge is 2.22. The average Bonchev–Trinajstić information content (AvgIpc) is 2.90. The highest BCUT2D eigenvalue weighted by molar-refractivity contribution is 6.11. The van der Waals surface area contributed by atoms with E-state index in [-0.39, 0.29) is 5.78 Å². The second-order valence-corrected chi connectivity index (χ2v) is 5.43. The van der Waals surface area contributed by atoms with Crippen LogP contribution in [0.3, 0.4) is 0 Å². The number of hydrogen-bond acceptors (Lipinski definition) is 3. The van der Waals surface area contributed by atoms with Crippen molar-refractivity contribution in [3.05, 3.63) is 65.4 Å². The van der Waals surface area contributed by atoms with Crippen LogP contribution in [0.5, 0.6) is 5.75 Å². The first-order valence-electron chi connectivity index (χ1n) is 7.38. The Morgan fingerprint density at radius 2 is 2.00 bits per heavy atom. The zero-order valence-corrected chi connectivity index (χ0v) is 13.0. The fraction of sp³-hybridized carbons (Fsp3) is 0.158. The largest absolute Gasteiger partial charge is 0.483 e. The quantitative estimate of drug-likeness (QED) is 0.741. The molecule has 0 saturated carbocycles. The van der Waals surface area contributed by atoms with Crippen LogP contribution in [-0.2, 0) is 0 Å². The Labute approximate surface area is 134 Å². The summed E-state index contributed by atoms with van der Waals surface area (Å²) in [5.41, 5.74) is 2.93. The number of nitrogens with zero attached hydrogens (tertiary/aromatic N) is 1. The topological polar surface area (TPSA) is 65.9 Å². The van der Waals surface area contributed by atoms with E-state index in [2.05, 4.69) is 11.1 Å². The molecule has 1 N–H and O–H groups in total. The van der Waals surface area contributed by atoms with Crippen molar-refractivity contribution in [3.63, 3.8) is 0 Å². The second kappa shape index (κ2) is 5.98. The Morgan fingerprint density at radius 1 is 1.22 bits per heavy atom. The van der Waals surface area contributed by atoms with Crippen molar-refractivity contribution in [1.29, 1.82) is 5.26 Å². The minimum Gasteiger partial charge on any atom is -0.483 e. The molecule has 0 fully saturated rings. The zero-order chi connectivity index (χ0) is 16.4. The summed E-state index contributed by atoms with van der Waals surface area (Å²) in [6.07, 6.45) is -0.637. The van der Waals surface area contributed by atoms with Crippen molar-refractivity contribution in [2.75, 3.05) is 0 Å². The lowest BCUT2D eigenvalue weighted by atomic mass is 10.0. The fourth-order valence-electron chi connectivity index (χ4n) is 2.69. The van der Waals surface area contributed by atoms with Crippen molar-refractivity contribution in [3.8, 4) is 11.8 Å². The van der Waals surface area contributed by atoms with Gasteiger partial charge in [0.1, 0.15) is 5.75 Å². The van der Waals surface area contributed by atoms with Crippen LogP contribution < -0.4 is 4.74 Å². The number of benzene rings is 2. The predicted octanol–water partition coefficient (Wildman–Crippen LogP) is 4.00. The first-order chi connectivity index (χ1) is 11.1. The maximum absolute atomic E-state index is 12.8. The molecule has 0 bridgehead atoms. The fourth-order valence-corrected chi connectivity index (χ4v) is 2.69. The van der Waals surface area contributed by atoms with Crippen LogP contribution in [-0.4, -0.2) is 16.9 Å². The molecule has 0 aliphatic rings. The number of para-hydroxylation sites is 1. The number of aromatic nitrogens is 1. The van der Waals surface area contributed by atoms with E-state index in [0.29, 0.717) is 16.9 Å². The molecule has 0 aliphatic carbocycles. The number of aromatic amines is 1. The Kier molecular flexibility index (Phi) is 3.86. The summed E-state index contributed by atoms with van der Waals surface area (Å²) in [6, 6.07) is 16.6. The molecule has 1 heterocycles. The minimum absolute atomic E-state index is 0.0812. The van der Waals surface area contributed by atoms with Gasteiger partial charge in [0.05, 0.1) is 11.6 Å². The molecule has 1 aromatic heterocycles. The number of nitriles is 1. The number of carbonyl (C=O) groups is 1. The van der Waals surface area contributed by atoms with E-state index in [4.69, 9.17) is 10.00 Å². The van der Waals surface area contributed by atoms with Gasteiger partial charge in [-0.25, -0.2) is 0 Å². The van der Waals surface area contributed by atoms with E-state index in [1.807, 2.05) is 31.2 Å². The molecular weight excluding hydrogens is 288 g/mol. The number of fused-ring (bicyclic) bond motifs is 1. The van der Waals surface area contributed by atoms with Gasteiger partial charge < -0.3 is 9.72 Å². The standard InChI is InChI=1S/C19H16N2O2/c1-12-18(16-8-3-4-9-17(16)21-12)19(22)13(2)23-15-7-5-6-14(10-15)11-20/h3-10,13,21H,1-2H3/t13-/m0/s1. The number of ketones is 1. The van der Waals surface area contributed by atoms with Crippen LogP contribution in [0, 0.1) is 18.3 Å². The average molecular weight is 304 g/mol. The van der Waals surface area contributed by atoms with E-state index in [0.717, 1.165) is 16.6 Å². The number of aryl methyl sites for hydroxylation is 1. The van der Waals surface area contributed by atoms with E-state index >= 15 is 0 Å². The Balaban J connectivity index is 1.89. The monoisotopic (exact) mass is 304 g/mol. The lowest BCUT2D eigenvalue weighted by Crippen LogP contribution is -2.24. The minimum atomic E-state index is -0.637. The summed E-state index contributed by atoms with van der Waals surface area (Å²) in [7, 11) is 0. The van der Waals surface area contributed by atoms with E-state index in [9.17, 15) is 4.79 Å². The van der Waals surface area contributed by atoms with Crippen molar-refractivity contribution in [2.24, 2.45) is 0 Å². The Morgan fingerprint density at radius 3 is 2.78 bits per heavy atom. The van der Waals surface area contributed by atoms with Gasteiger partial charge >= 0.3 is 0 Å². The Bertz CT molecular complexity index is 919. The van der Waals surface area contributed by atoms with Crippen molar-refractivity contribution in [2.45, 2.75) is 20.0 Å². The van der Waals surface area contributed by atoms with Crippen LogP contribution in [0.25, 0.3) is 10.9 Å². The van der Waals surface area contributed by atoms with Crippen LogP contribution >= 0.6 is 0 Å². The third-order valence-electron chi connectivity index (χ3n) is 3.79. The molecule has 23 heavy (non-hydrogen) atoms. The highest BCUT2D eigenvalue weighted by Crippen LogP contribution is 2.24. The third-order valence-corrected chi connectivity index (χ3v) is 3.79. The molecule has 2 aromatic carbocycles. The summed E-state index contributed by atoms with van der Waals surface area (Å²) in [4.78, 5) is 16.0. The maximum Gasteiger partial charge on any atom is 0.205 e. The van der Waals surface area contributed by atoms with Gasteiger partial charge in [-0.3, -0.25) is 4.79 Å². The number of carbonyl (C=O) groups excluding carboxylic acids is 1. The molecule has 4 nitrogen and oxygen atoms in total. The first-order valence-corrected chi connectivity index (χ1v) is 7.38. The Hall–Kier alpha value is -3.06. The molecule has 3 aromatic rings. The number of nitrogens with one attached hydrogen (secondary N) is 1. The molecule has 4 heteroatoms. The number of hydrogen-bond donors (Lipinski definition) is 1. The highest BCUT2D eigenvalue weighted by atomic mass is 16.5. The number of Topliss-reactive ketones (excluding diaryl/α,β-unsaturated/α-hetero) is 1. The van der Waals surface area contributed by atoms with Crippen molar-refractivity contribution >= 4 is 16.7 Å². The summed E-state index contributed by atoms with van der Waals surface area (Å²) in [5, 5.41) is 9.83. The van der Waals surface area contributed by atoms with E-state index in [1.54, 1.807) is 31.2 Å². The third kappa shape index (κ3) is 2.82. The lowest BCUT2D eigenvalue weighted by molar-refractivity contribution is 0.0819. The number of H-pyrrole nitrogens is 1. The first kappa shape index (κ1) is 14.9. The summed E-state index contributed by atoms with van der Waals surface area (Å²) in [6.45, 7) is 3.61. The predicted molar refractivity (Wildman–Crippen MR) is 88.6 cm³/mol. The van der Waals surface area contributed by atoms with Gasteiger partial charge in [-0.05, 0) is 38.1 Å². The molecule has 0 radical (unpaired) electrons. The normalized spacial score (nSPS) is 11.9. The summed E-state index contributed by atoms with van der Waals surface area (Å²) >= 11 is 0. The van der Waals surface area contributed by atoms with Gasteiger partial charge in [-0.1, -0.05) is 24.3 Å². The second-order valence-electron chi connectivity index (χ2n) is 5.43. The molecule has 0 saturated heterocycles. The zero-order valence-electron chi connectivity index (χ0n) is 13.0. The molecule has 0 aliphatic heterocycles. The van der Waals surface area contributed by atoms with Gasteiger partial charge in [0.15, 0.2) is 6.10 Å². The molecule has 0 amide bonds. The number of ether oxygens (including phenoxy) is 1. The van der Waals surface area contributed by atoms with Crippen molar-refractivity contribution < 1.29 is 9.53 Å². The van der Waals surface area contributed by atoms with Crippen LogP contribution in [0.1, 0.15) is 28.5 Å². The van der Waals surface area contributed by atoms with Crippen molar-refractivity contribution in [1.82, 2.24) is 4.98 Å². The molecule has 0 spiro atoms. The summed E-state index contributed by atoms with van der Waals surface area (Å²) in [5.74, 6) is 0.435. The van der Waals surface area contributed by atoms with Crippen LogP contribution in [0.15, 0.2) is 48.5 Å². The summed E-state index contributed by atoms with van der Waals surface area (Å²) < 4.78 is 5.73. The molecule has 114 valence electrons. The van der Waals surface area contributed by atoms with Crippen LogP contribution in [0.2, 0.25) is 0 Å². The smallest absolute Gasteiger partial charge is 0.205 e. The number of rotatable bonds is 4.